The molecule has 0 N–H and O–H groups in total. The third-order valence-corrected chi connectivity index (χ3v) is 4.47. The largest absolute Gasteiger partial charge is 0.365 e. The maximum absolute atomic E-state index is 4.68. The minimum absolute atomic E-state index is 0.502. The van der Waals surface area contributed by atoms with E-state index in [0.29, 0.717) is 12.0 Å². The van der Waals surface area contributed by atoms with Gasteiger partial charge in [0.15, 0.2) is 0 Å². The topological polar surface area (TPSA) is 15.6 Å². The van der Waals surface area contributed by atoms with Gasteiger partial charge in [0.1, 0.15) is 0 Å². The summed E-state index contributed by atoms with van der Waals surface area (Å²) in [5.74, 6) is 0.534. The smallest absolute Gasteiger partial charge is 0.0720 e. The normalized spacial score (nSPS) is 28.5. The molecule has 4 rings (SSSR count). The lowest BCUT2D eigenvalue weighted by molar-refractivity contribution is 0.316. The van der Waals surface area contributed by atoms with E-state index in [-0.39, 0.29) is 0 Å². The number of allylic oxidation sites excluding steroid dienone is 1. The molecular formula is C17H18N2. The summed E-state index contributed by atoms with van der Waals surface area (Å²) in [7, 11) is 0. The Bertz CT molecular complexity index is 568. The summed E-state index contributed by atoms with van der Waals surface area (Å²) in [6, 6.07) is 11.3. The number of hydrogen-bond donors (Lipinski definition) is 0. The number of hydrogen-bond acceptors (Lipinski definition) is 2. The Morgan fingerprint density at radius 2 is 2.05 bits per heavy atom. The first-order valence-electron chi connectivity index (χ1n) is 7.15. The highest BCUT2D eigenvalue weighted by Crippen LogP contribution is 2.39. The van der Waals surface area contributed by atoms with Gasteiger partial charge in [0, 0.05) is 18.7 Å². The van der Waals surface area contributed by atoms with Crippen molar-refractivity contribution in [1.29, 1.82) is 0 Å². The molecule has 3 aliphatic heterocycles. The second-order valence-electron chi connectivity index (χ2n) is 5.62. The molecule has 2 heteroatoms. The summed E-state index contributed by atoms with van der Waals surface area (Å²) >= 11 is 0. The van der Waals surface area contributed by atoms with Crippen molar-refractivity contribution < 1.29 is 0 Å². The van der Waals surface area contributed by atoms with E-state index in [1.54, 1.807) is 5.57 Å². The van der Waals surface area contributed by atoms with Gasteiger partial charge in [-0.3, -0.25) is 4.99 Å². The van der Waals surface area contributed by atoms with Crippen LogP contribution in [0.2, 0.25) is 0 Å². The summed E-state index contributed by atoms with van der Waals surface area (Å²) in [6.07, 6.45) is 10.2. The molecule has 1 aromatic rings. The van der Waals surface area contributed by atoms with Crippen LogP contribution in [0, 0.1) is 0 Å². The molecule has 96 valence electrons. The Balaban J connectivity index is 1.63. The first-order chi connectivity index (χ1) is 9.42. The van der Waals surface area contributed by atoms with Crippen molar-refractivity contribution in [2.45, 2.75) is 31.2 Å². The van der Waals surface area contributed by atoms with Gasteiger partial charge < -0.3 is 4.90 Å². The van der Waals surface area contributed by atoms with Crippen molar-refractivity contribution >= 4 is 6.21 Å². The first kappa shape index (κ1) is 11.0. The fourth-order valence-electron chi connectivity index (χ4n) is 3.47. The van der Waals surface area contributed by atoms with Crippen molar-refractivity contribution in [3.05, 3.63) is 59.4 Å². The van der Waals surface area contributed by atoms with Gasteiger partial charge in [0.05, 0.1) is 11.7 Å². The standard InChI is InChI=1S/C17H18N2/c1-2-5-13(6-3-1)14-8-10-19-12-15-7-4-9-18-17(15)16(19)11-14/h1-3,5-6,8-10,14,16H,4,7,11-12H2/t14?,16-/m0/s1. The van der Waals surface area contributed by atoms with Gasteiger partial charge in [-0.2, -0.15) is 0 Å². The highest BCUT2D eigenvalue weighted by Gasteiger charge is 2.35. The second kappa shape index (κ2) is 4.37. The summed E-state index contributed by atoms with van der Waals surface area (Å²) in [6.45, 7) is 1.09. The van der Waals surface area contributed by atoms with Crippen LogP contribution >= 0.6 is 0 Å². The van der Waals surface area contributed by atoms with E-state index in [1.807, 2.05) is 0 Å². The van der Waals surface area contributed by atoms with Gasteiger partial charge in [-0.05, 0) is 36.6 Å². The molecule has 3 aliphatic rings. The van der Waals surface area contributed by atoms with E-state index in [9.17, 15) is 0 Å². The van der Waals surface area contributed by atoms with Crippen molar-refractivity contribution in [3.63, 3.8) is 0 Å². The fourth-order valence-corrected chi connectivity index (χ4v) is 3.47. The number of fused-ring (bicyclic) bond motifs is 2. The summed E-state index contributed by atoms with van der Waals surface area (Å²) in [4.78, 5) is 7.15. The molecule has 19 heavy (non-hydrogen) atoms. The van der Waals surface area contributed by atoms with Gasteiger partial charge >= 0.3 is 0 Å². The Morgan fingerprint density at radius 3 is 2.95 bits per heavy atom. The number of nitrogens with zero attached hydrogens (tertiary/aromatic N) is 2. The Kier molecular flexibility index (Phi) is 2.54. The van der Waals surface area contributed by atoms with Gasteiger partial charge in [-0.25, -0.2) is 0 Å². The molecule has 0 aromatic heterocycles. The van der Waals surface area contributed by atoms with Crippen molar-refractivity contribution in [3.8, 4) is 0 Å². The zero-order valence-electron chi connectivity index (χ0n) is 11.0. The third kappa shape index (κ3) is 1.83. The lowest BCUT2D eigenvalue weighted by Gasteiger charge is -2.32. The van der Waals surface area contributed by atoms with Crippen LogP contribution in [0.25, 0.3) is 0 Å². The molecule has 0 saturated carbocycles. The molecule has 0 bridgehead atoms. The summed E-state index contributed by atoms with van der Waals surface area (Å²) in [5.41, 5.74) is 4.34. The molecule has 1 aromatic carbocycles. The predicted octanol–water partition coefficient (Wildman–Crippen LogP) is 3.49. The third-order valence-electron chi connectivity index (χ3n) is 4.47. The predicted molar refractivity (Wildman–Crippen MR) is 78.2 cm³/mol. The number of aliphatic imine (C=N–C) groups is 1. The Morgan fingerprint density at radius 1 is 1.16 bits per heavy atom. The van der Waals surface area contributed by atoms with Gasteiger partial charge in [-0.1, -0.05) is 36.4 Å². The lowest BCUT2D eigenvalue weighted by atomic mass is 9.88. The summed E-state index contributed by atoms with van der Waals surface area (Å²) in [5, 5.41) is 0. The van der Waals surface area contributed by atoms with Crippen molar-refractivity contribution in [2.75, 3.05) is 6.54 Å². The molecule has 0 radical (unpaired) electrons. The molecule has 0 aliphatic carbocycles. The zero-order valence-corrected chi connectivity index (χ0v) is 11.0. The van der Waals surface area contributed by atoms with Crippen molar-refractivity contribution in [1.82, 2.24) is 4.90 Å². The van der Waals surface area contributed by atoms with Crippen LogP contribution in [-0.4, -0.2) is 23.7 Å². The molecular weight excluding hydrogens is 232 g/mol. The van der Waals surface area contributed by atoms with Crippen LogP contribution in [-0.2, 0) is 0 Å². The van der Waals surface area contributed by atoms with Crippen LogP contribution in [0.1, 0.15) is 30.7 Å². The van der Waals surface area contributed by atoms with E-state index >= 15 is 0 Å². The van der Waals surface area contributed by atoms with E-state index in [0.717, 1.165) is 19.4 Å². The molecule has 0 fully saturated rings. The van der Waals surface area contributed by atoms with Gasteiger partial charge in [0.25, 0.3) is 0 Å². The average Bonchev–Trinajstić information content (AvgIpc) is 2.86. The SMILES string of the molecule is C1=CN2CC3=C(N=CCC3)[C@@H]2CC1c1ccccc1. The molecule has 2 nitrogen and oxygen atoms in total. The minimum Gasteiger partial charge on any atom is -0.365 e. The molecule has 2 atom stereocenters. The highest BCUT2D eigenvalue weighted by molar-refractivity contribution is 5.63. The van der Waals surface area contributed by atoms with Crippen LogP contribution in [0.4, 0.5) is 0 Å². The zero-order chi connectivity index (χ0) is 12.7. The maximum atomic E-state index is 4.68. The van der Waals surface area contributed by atoms with Crippen LogP contribution in [0.5, 0.6) is 0 Å². The van der Waals surface area contributed by atoms with Gasteiger partial charge in [0.2, 0.25) is 0 Å². The second-order valence-corrected chi connectivity index (χ2v) is 5.62. The first-order valence-corrected chi connectivity index (χ1v) is 7.15. The molecule has 0 amide bonds. The average molecular weight is 250 g/mol. The lowest BCUT2D eigenvalue weighted by Crippen LogP contribution is -2.31. The summed E-state index contributed by atoms with van der Waals surface area (Å²) < 4.78 is 0. The minimum atomic E-state index is 0.502. The Labute approximate surface area is 114 Å². The van der Waals surface area contributed by atoms with Gasteiger partial charge in [-0.15, -0.1) is 0 Å². The van der Waals surface area contributed by atoms with E-state index in [4.69, 9.17) is 0 Å². The number of rotatable bonds is 1. The quantitative estimate of drug-likeness (QED) is 0.745. The molecule has 0 saturated heterocycles. The molecule has 3 heterocycles. The maximum Gasteiger partial charge on any atom is 0.0720 e. The Hall–Kier alpha value is -1.83. The van der Waals surface area contributed by atoms with Crippen LogP contribution < -0.4 is 0 Å². The van der Waals surface area contributed by atoms with E-state index in [1.165, 1.54) is 17.7 Å². The fraction of sp³-hybridized carbons (Fsp3) is 0.353. The molecule has 1 unspecified atom stereocenters. The highest BCUT2D eigenvalue weighted by atomic mass is 15.2. The monoisotopic (exact) mass is 250 g/mol. The number of benzene rings is 1. The van der Waals surface area contributed by atoms with E-state index < -0.39 is 0 Å². The van der Waals surface area contributed by atoms with E-state index in [2.05, 4.69) is 58.7 Å². The molecule has 0 spiro atoms. The van der Waals surface area contributed by atoms with Crippen molar-refractivity contribution in [2.24, 2.45) is 4.99 Å². The van der Waals surface area contributed by atoms with Crippen LogP contribution in [0.15, 0.2) is 58.9 Å². The van der Waals surface area contributed by atoms with Crippen LogP contribution in [0.3, 0.4) is 0 Å².